The maximum Gasteiger partial charge on any atom is 0.0182 e. The Morgan fingerprint density at radius 2 is 1.88 bits per heavy atom. The molecule has 1 aromatic rings. The van der Waals surface area contributed by atoms with Gasteiger partial charge in [0, 0.05) is 11.9 Å². The van der Waals surface area contributed by atoms with Crippen molar-refractivity contribution in [3.8, 4) is 0 Å². The van der Waals surface area contributed by atoms with Crippen LogP contribution in [0.1, 0.15) is 48.9 Å². The molecule has 0 atom stereocenters. The predicted molar refractivity (Wildman–Crippen MR) is 71.4 cm³/mol. The second kappa shape index (κ2) is 5.26. The van der Waals surface area contributed by atoms with E-state index in [2.05, 4.69) is 16.1 Å². The smallest absolute Gasteiger partial charge is 0.0182 e. The lowest BCUT2D eigenvalue weighted by Crippen LogP contribution is -2.20. The SMILES string of the molecule is c1[nH]c2c(c1CCCN1CCCC1)CCCC2. The van der Waals surface area contributed by atoms with Gasteiger partial charge in [0.15, 0.2) is 0 Å². The zero-order valence-electron chi connectivity index (χ0n) is 10.8. The van der Waals surface area contributed by atoms with E-state index in [1.165, 1.54) is 76.7 Å². The van der Waals surface area contributed by atoms with Crippen molar-refractivity contribution in [1.82, 2.24) is 9.88 Å². The number of H-pyrrole nitrogens is 1. The van der Waals surface area contributed by atoms with Gasteiger partial charge < -0.3 is 9.88 Å². The average Bonchev–Trinajstić information content (AvgIpc) is 2.99. The van der Waals surface area contributed by atoms with Crippen molar-refractivity contribution < 1.29 is 0 Å². The first-order valence-corrected chi connectivity index (χ1v) is 7.34. The van der Waals surface area contributed by atoms with Gasteiger partial charge in [0.1, 0.15) is 0 Å². The first-order chi connectivity index (χ1) is 8.43. The van der Waals surface area contributed by atoms with Crippen LogP contribution < -0.4 is 0 Å². The zero-order chi connectivity index (χ0) is 11.5. The summed E-state index contributed by atoms with van der Waals surface area (Å²) in [6.07, 6.45) is 13.1. The normalized spacial score (nSPS) is 20.7. The number of nitrogens with one attached hydrogen (secondary N) is 1. The van der Waals surface area contributed by atoms with Crippen LogP contribution in [0.3, 0.4) is 0 Å². The Kier molecular flexibility index (Phi) is 3.51. The lowest BCUT2D eigenvalue weighted by atomic mass is 9.93. The van der Waals surface area contributed by atoms with Gasteiger partial charge in [0.25, 0.3) is 0 Å². The molecule has 0 saturated carbocycles. The maximum absolute atomic E-state index is 3.49. The van der Waals surface area contributed by atoms with Crippen molar-refractivity contribution in [3.63, 3.8) is 0 Å². The molecule has 0 spiro atoms. The third-order valence-electron chi connectivity index (χ3n) is 4.40. The molecule has 2 heterocycles. The molecule has 0 unspecified atom stereocenters. The van der Waals surface area contributed by atoms with Crippen LogP contribution in [-0.2, 0) is 19.3 Å². The summed E-state index contributed by atoms with van der Waals surface area (Å²) >= 11 is 0. The number of aromatic nitrogens is 1. The highest BCUT2D eigenvalue weighted by atomic mass is 15.1. The Bertz CT molecular complexity index is 361. The zero-order valence-corrected chi connectivity index (χ0v) is 10.8. The molecular weight excluding hydrogens is 208 g/mol. The second-order valence-corrected chi connectivity index (χ2v) is 5.63. The Morgan fingerprint density at radius 3 is 2.76 bits per heavy atom. The summed E-state index contributed by atoms with van der Waals surface area (Å²) in [6.45, 7) is 3.98. The van der Waals surface area contributed by atoms with E-state index in [-0.39, 0.29) is 0 Å². The van der Waals surface area contributed by atoms with Gasteiger partial charge >= 0.3 is 0 Å². The van der Waals surface area contributed by atoms with Crippen molar-refractivity contribution in [2.24, 2.45) is 0 Å². The Hall–Kier alpha value is -0.760. The van der Waals surface area contributed by atoms with E-state index in [4.69, 9.17) is 0 Å². The van der Waals surface area contributed by atoms with Crippen molar-refractivity contribution in [2.45, 2.75) is 51.4 Å². The molecule has 17 heavy (non-hydrogen) atoms. The third-order valence-corrected chi connectivity index (χ3v) is 4.40. The standard InChI is InChI=1S/C15H24N2/c1-2-8-15-14(7-1)13(12-16-15)6-5-11-17-9-3-4-10-17/h12,16H,1-11H2. The molecular formula is C15H24N2. The van der Waals surface area contributed by atoms with Crippen molar-refractivity contribution in [1.29, 1.82) is 0 Å². The van der Waals surface area contributed by atoms with Crippen LogP contribution in [0.25, 0.3) is 0 Å². The third kappa shape index (κ3) is 2.57. The lowest BCUT2D eigenvalue weighted by molar-refractivity contribution is 0.334. The Balaban J connectivity index is 1.52. The molecule has 0 radical (unpaired) electrons. The first-order valence-electron chi connectivity index (χ1n) is 7.34. The maximum atomic E-state index is 3.49. The summed E-state index contributed by atoms with van der Waals surface area (Å²) in [5.41, 5.74) is 4.81. The van der Waals surface area contributed by atoms with Crippen LogP contribution in [0.2, 0.25) is 0 Å². The summed E-state index contributed by atoms with van der Waals surface area (Å²) in [5, 5.41) is 0. The monoisotopic (exact) mass is 232 g/mol. The fraction of sp³-hybridized carbons (Fsp3) is 0.733. The summed E-state index contributed by atoms with van der Waals surface area (Å²) in [7, 11) is 0. The average molecular weight is 232 g/mol. The number of likely N-dealkylation sites (tertiary alicyclic amines) is 1. The van der Waals surface area contributed by atoms with Crippen molar-refractivity contribution in [3.05, 3.63) is 23.0 Å². The van der Waals surface area contributed by atoms with Crippen LogP contribution in [0, 0.1) is 0 Å². The Morgan fingerprint density at radius 1 is 1.06 bits per heavy atom. The number of aryl methyl sites for hydroxylation is 2. The highest BCUT2D eigenvalue weighted by Gasteiger charge is 2.15. The molecule has 2 heteroatoms. The molecule has 0 aromatic carbocycles. The predicted octanol–water partition coefficient (Wildman–Crippen LogP) is 2.92. The number of fused-ring (bicyclic) bond motifs is 1. The van der Waals surface area contributed by atoms with E-state index in [9.17, 15) is 0 Å². The number of nitrogens with zero attached hydrogens (tertiary/aromatic N) is 1. The molecule has 1 N–H and O–H groups in total. The number of hydrogen-bond donors (Lipinski definition) is 1. The molecule has 2 aliphatic rings. The van der Waals surface area contributed by atoms with Gasteiger partial charge in [0.05, 0.1) is 0 Å². The highest BCUT2D eigenvalue weighted by Crippen LogP contribution is 2.24. The molecule has 94 valence electrons. The van der Waals surface area contributed by atoms with Crippen molar-refractivity contribution >= 4 is 0 Å². The van der Waals surface area contributed by atoms with Gasteiger partial charge in [-0.3, -0.25) is 0 Å². The number of rotatable bonds is 4. The van der Waals surface area contributed by atoms with Crippen LogP contribution in [0.4, 0.5) is 0 Å². The molecule has 1 aromatic heterocycles. The quantitative estimate of drug-likeness (QED) is 0.845. The summed E-state index contributed by atoms with van der Waals surface area (Å²) in [6, 6.07) is 0. The fourth-order valence-electron chi connectivity index (χ4n) is 3.40. The molecule has 1 aliphatic carbocycles. The molecule has 0 bridgehead atoms. The molecule has 3 rings (SSSR count). The molecule has 1 fully saturated rings. The minimum Gasteiger partial charge on any atom is -0.364 e. The van der Waals surface area contributed by atoms with E-state index >= 15 is 0 Å². The summed E-state index contributed by atoms with van der Waals surface area (Å²) < 4.78 is 0. The van der Waals surface area contributed by atoms with E-state index in [0.29, 0.717) is 0 Å². The van der Waals surface area contributed by atoms with Crippen LogP contribution >= 0.6 is 0 Å². The van der Waals surface area contributed by atoms with Gasteiger partial charge in [-0.25, -0.2) is 0 Å². The van der Waals surface area contributed by atoms with Gasteiger partial charge in [-0.2, -0.15) is 0 Å². The largest absolute Gasteiger partial charge is 0.364 e. The van der Waals surface area contributed by atoms with Crippen molar-refractivity contribution in [2.75, 3.05) is 19.6 Å². The molecule has 0 amide bonds. The van der Waals surface area contributed by atoms with Crippen LogP contribution in [0.15, 0.2) is 6.20 Å². The molecule has 2 nitrogen and oxygen atoms in total. The van der Waals surface area contributed by atoms with E-state index < -0.39 is 0 Å². The fourth-order valence-corrected chi connectivity index (χ4v) is 3.40. The minimum absolute atomic E-state index is 1.28. The minimum atomic E-state index is 1.28. The summed E-state index contributed by atoms with van der Waals surface area (Å²) in [4.78, 5) is 6.12. The van der Waals surface area contributed by atoms with Crippen LogP contribution in [0.5, 0.6) is 0 Å². The number of aromatic amines is 1. The van der Waals surface area contributed by atoms with E-state index in [1.54, 1.807) is 11.1 Å². The first kappa shape index (κ1) is 11.3. The van der Waals surface area contributed by atoms with E-state index in [1.807, 2.05) is 0 Å². The molecule has 1 aliphatic heterocycles. The van der Waals surface area contributed by atoms with Gasteiger partial charge in [0.2, 0.25) is 0 Å². The summed E-state index contributed by atoms with van der Waals surface area (Å²) in [5.74, 6) is 0. The second-order valence-electron chi connectivity index (χ2n) is 5.63. The number of hydrogen-bond acceptors (Lipinski definition) is 1. The molecule has 1 saturated heterocycles. The van der Waals surface area contributed by atoms with E-state index in [0.717, 1.165) is 0 Å². The van der Waals surface area contributed by atoms with Gasteiger partial charge in [-0.15, -0.1) is 0 Å². The van der Waals surface area contributed by atoms with Gasteiger partial charge in [-0.1, -0.05) is 0 Å². The van der Waals surface area contributed by atoms with Crippen LogP contribution in [-0.4, -0.2) is 29.5 Å². The topological polar surface area (TPSA) is 19.0 Å². The van der Waals surface area contributed by atoms with Gasteiger partial charge in [-0.05, 0) is 82.1 Å². The Labute approximate surface area is 104 Å². The highest BCUT2D eigenvalue weighted by molar-refractivity contribution is 5.32. The lowest BCUT2D eigenvalue weighted by Gasteiger charge is -2.15.